The molecular weight excluding hydrogens is 360 g/mol. The molecule has 6 heteroatoms. The normalized spacial score (nSPS) is 15.0. The van der Waals surface area contributed by atoms with Gasteiger partial charge in [-0.25, -0.2) is 4.79 Å². The number of ketones is 1. The Morgan fingerprint density at radius 2 is 2.04 bits per heavy atom. The Morgan fingerprint density at radius 3 is 2.75 bits per heavy atom. The maximum Gasteiger partial charge on any atom is 0.347 e. The molecule has 2 aromatic rings. The Kier molecular flexibility index (Phi) is 5.68. The van der Waals surface area contributed by atoms with Crippen molar-refractivity contribution in [3.05, 3.63) is 58.8 Å². The van der Waals surface area contributed by atoms with Gasteiger partial charge in [-0.1, -0.05) is 12.1 Å². The summed E-state index contributed by atoms with van der Waals surface area (Å²) in [6.45, 7) is 5.42. The summed E-state index contributed by atoms with van der Waals surface area (Å²) < 4.78 is 21.7. The summed E-state index contributed by atoms with van der Waals surface area (Å²) in [6.07, 6.45) is 0.909. The van der Waals surface area contributed by atoms with Crippen molar-refractivity contribution >= 4 is 17.8 Å². The molecule has 0 amide bonds. The molecule has 28 heavy (non-hydrogen) atoms. The van der Waals surface area contributed by atoms with Crippen LogP contribution in [0, 0.1) is 6.92 Å². The third-order valence-electron chi connectivity index (χ3n) is 4.35. The summed E-state index contributed by atoms with van der Waals surface area (Å²) in [5.41, 5.74) is 1.90. The first kappa shape index (κ1) is 19.5. The number of Topliss-reactive ketones (excluding diaryl/α,β-unsaturated/α-hetero) is 1. The number of allylic oxidation sites excluding steroid dienone is 1. The lowest BCUT2D eigenvalue weighted by molar-refractivity contribution is -0.150. The van der Waals surface area contributed by atoms with E-state index < -0.39 is 12.1 Å². The van der Waals surface area contributed by atoms with Gasteiger partial charge in [-0.2, -0.15) is 0 Å². The number of hydrogen-bond acceptors (Lipinski definition) is 6. The van der Waals surface area contributed by atoms with Gasteiger partial charge in [0.2, 0.25) is 5.78 Å². The van der Waals surface area contributed by atoms with Gasteiger partial charge in [0.1, 0.15) is 17.2 Å². The topological polar surface area (TPSA) is 71.1 Å². The molecule has 1 atom stereocenters. The average Bonchev–Trinajstić information content (AvgIpc) is 3.00. The minimum Gasteiger partial charge on any atom is -0.497 e. The smallest absolute Gasteiger partial charge is 0.347 e. The highest BCUT2D eigenvalue weighted by atomic mass is 16.6. The number of rotatable bonds is 6. The standard InChI is InChI=1S/C22H22O6/c1-5-26-22(24)14(3)27-18-10-9-17-20(23)19(28-21(17)13(18)2)12-15-7-6-8-16(11-15)25-4/h6-12,14H,5H2,1-4H3/b19-12-. The number of esters is 1. The van der Waals surface area contributed by atoms with Crippen LogP contribution in [0.4, 0.5) is 0 Å². The van der Waals surface area contributed by atoms with Gasteiger partial charge in [0.25, 0.3) is 0 Å². The largest absolute Gasteiger partial charge is 0.497 e. The predicted octanol–water partition coefficient (Wildman–Crippen LogP) is 3.95. The lowest BCUT2D eigenvalue weighted by Crippen LogP contribution is -2.26. The first-order valence-electron chi connectivity index (χ1n) is 8.99. The van der Waals surface area contributed by atoms with E-state index in [1.165, 1.54) is 0 Å². The van der Waals surface area contributed by atoms with Gasteiger partial charge in [-0.15, -0.1) is 0 Å². The molecular formula is C22H22O6. The number of fused-ring (bicyclic) bond motifs is 1. The lowest BCUT2D eigenvalue weighted by atomic mass is 10.1. The van der Waals surface area contributed by atoms with Crippen molar-refractivity contribution in [1.82, 2.24) is 0 Å². The maximum atomic E-state index is 12.7. The van der Waals surface area contributed by atoms with Crippen LogP contribution in [0.1, 0.15) is 35.3 Å². The van der Waals surface area contributed by atoms with Gasteiger partial charge in [0.05, 0.1) is 19.3 Å². The van der Waals surface area contributed by atoms with Crippen LogP contribution in [-0.2, 0) is 9.53 Å². The molecule has 0 saturated heterocycles. The average molecular weight is 382 g/mol. The van der Waals surface area contributed by atoms with Crippen LogP contribution < -0.4 is 14.2 Å². The molecule has 0 radical (unpaired) electrons. The highest BCUT2D eigenvalue weighted by Crippen LogP contribution is 2.39. The third kappa shape index (κ3) is 3.86. The lowest BCUT2D eigenvalue weighted by Gasteiger charge is -2.16. The minimum absolute atomic E-state index is 0.203. The van der Waals surface area contributed by atoms with Crippen molar-refractivity contribution in [3.8, 4) is 17.2 Å². The summed E-state index contributed by atoms with van der Waals surface area (Å²) >= 11 is 0. The molecule has 1 aliphatic heterocycles. The zero-order valence-corrected chi connectivity index (χ0v) is 16.3. The monoisotopic (exact) mass is 382 g/mol. The highest BCUT2D eigenvalue weighted by molar-refractivity contribution is 6.15. The van der Waals surface area contributed by atoms with E-state index in [0.717, 1.165) is 5.56 Å². The van der Waals surface area contributed by atoms with Crippen LogP contribution in [0.5, 0.6) is 17.2 Å². The highest BCUT2D eigenvalue weighted by Gasteiger charge is 2.31. The van der Waals surface area contributed by atoms with Gasteiger partial charge in [0.15, 0.2) is 11.9 Å². The molecule has 6 nitrogen and oxygen atoms in total. The van der Waals surface area contributed by atoms with E-state index in [-0.39, 0.29) is 18.1 Å². The zero-order chi connectivity index (χ0) is 20.3. The van der Waals surface area contributed by atoms with E-state index >= 15 is 0 Å². The van der Waals surface area contributed by atoms with E-state index in [9.17, 15) is 9.59 Å². The molecule has 146 valence electrons. The van der Waals surface area contributed by atoms with Crippen molar-refractivity contribution in [1.29, 1.82) is 0 Å². The molecule has 0 N–H and O–H groups in total. The van der Waals surface area contributed by atoms with Gasteiger partial charge in [0, 0.05) is 5.56 Å². The number of carbonyl (C=O) groups excluding carboxylic acids is 2. The summed E-state index contributed by atoms with van der Waals surface area (Å²) in [4.78, 5) is 24.5. The molecule has 0 aliphatic carbocycles. The van der Waals surface area contributed by atoms with Gasteiger partial charge < -0.3 is 18.9 Å². The van der Waals surface area contributed by atoms with E-state index in [1.54, 1.807) is 46.1 Å². The first-order valence-corrected chi connectivity index (χ1v) is 8.99. The second kappa shape index (κ2) is 8.17. The third-order valence-corrected chi connectivity index (χ3v) is 4.35. The minimum atomic E-state index is -0.763. The van der Waals surface area contributed by atoms with Crippen molar-refractivity contribution in [3.63, 3.8) is 0 Å². The Bertz CT molecular complexity index is 944. The number of benzene rings is 2. The molecule has 2 aromatic carbocycles. The first-order chi connectivity index (χ1) is 13.4. The molecule has 1 aliphatic rings. The quantitative estimate of drug-likeness (QED) is 0.556. The van der Waals surface area contributed by atoms with Crippen molar-refractivity contribution in [2.24, 2.45) is 0 Å². The van der Waals surface area contributed by atoms with Crippen molar-refractivity contribution in [2.45, 2.75) is 26.9 Å². The van der Waals surface area contributed by atoms with E-state index in [1.807, 2.05) is 24.3 Å². The van der Waals surface area contributed by atoms with Crippen LogP contribution in [-0.4, -0.2) is 31.6 Å². The van der Waals surface area contributed by atoms with Crippen LogP contribution >= 0.6 is 0 Å². The molecule has 1 unspecified atom stereocenters. The van der Waals surface area contributed by atoms with E-state index in [4.69, 9.17) is 18.9 Å². The second-order valence-electron chi connectivity index (χ2n) is 6.29. The molecule has 0 bridgehead atoms. The maximum absolute atomic E-state index is 12.7. The molecule has 0 saturated carbocycles. The molecule has 0 aromatic heterocycles. The summed E-state index contributed by atoms with van der Waals surface area (Å²) in [5, 5.41) is 0. The van der Waals surface area contributed by atoms with Gasteiger partial charge in [-0.05, 0) is 56.7 Å². The van der Waals surface area contributed by atoms with Crippen molar-refractivity contribution < 1.29 is 28.5 Å². The Balaban J connectivity index is 1.86. The zero-order valence-electron chi connectivity index (χ0n) is 16.3. The number of hydrogen-bond donors (Lipinski definition) is 0. The van der Waals surface area contributed by atoms with Crippen LogP contribution in [0.15, 0.2) is 42.2 Å². The van der Waals surface area contributed by atoms with E-state index in [0.29, 0.717) is 28.4 Å². The Hall–Kier alpha value is -3.28. The van der Waals surface area contributed by atoms with Crippen LogP contribution in [0.25, 0.3) is 6.08 Å². The fraction of sp³-hybridized carbons (Fsp3) is 0.273. The molecule has 0 fully saturated rings. The molecule has 3 rings (SSSR count). The number of ether oxygens (including phenoxy) is 4. The summed E-state index contributed by atoms with van der Waals surface area (Å²) in [7, 11) is 1.58. The van der Waals surface area contributed by atoms with E-state index in [2.05, 4.69) is 0 Å². The predicted molar refractivity (Wildman–Crippen MR) is 104 cm³/mol. The SMILES string of the molecule is CCOC(=O)C(C)Oc1ccc2c(c1C)O/C(=C\c1cccc(OC)c1)C2=O. The van der Waals surface area contributed by atoms with Crippen molar-refractivity contribution in [2.75, 3.05) is 13.7 Å². The second-order valence-corrected chi connectivity index (χ2v) is 6.29. The number of methoxy groups -OCH3 is 1. The van der Waals surface area contributed by atoms with Gasteiger partial charge >= 0.3 is 5.97 Å². The fourth-order valence-corrected chi connectivity index (χ4v) is 2.88. The molecule has 1 heterocycles. The van der Waals surface area contributed by atoms with Crippen LogP contribution in [0.3, 0.4) is 0 Å². The molecule has 0 spiro atoms. The summed E-state index contributed by atoms with van der Waals surface area (Å²) in [5.74, 6) is 1.17. The fourth-order valence-electron chi connectivity index (χ4n) is 2.88. The number of carbonyl (C=O) groups is 2. The Morgan fingerprint density at radius 1 is 1.25 bits per heavy atom. The van der Waals surface area contributed by atoms with Gasteiger partial charge in [-0.3, -0.25) is 4.79 Å². The Labute approximate surface area is 163 Å². The summed E-state index contributed by atoms with van der Waals surface area (Å²) in [6, 6.07) is 10.6. The van der Waals surface area contributed by atoms with Crippen LogP contribution in [0.2, 0.25) is 0 Å².